The number of nitrogens with one attached hydrogen (secondary N) is 2. The number of nitrogens with zero attached hydrogens (tertiary/aromatic N) is 2. The molecule has 1 aliphatic rings. The summed E-state index contributed by atoms with van der Waals surface area (Å²) in [4.78, 5) is 6.82. The van der Waals surface area contributed by atoms with Crippen molar-refractivity contribution in [2.24, 2.45) is 4.99 Å². The normalized spacial score (nSPS) is 17.0. The third-order valence-corrected chi connectivity index (χ3v) is 4.94. The summed E-state index contributed by atoms with van der Waals surface area (Å²) < 4.78 is 11.6. The molecule has 1 aromatic rings. The van der Waals surface area contributed by atoms with Gasteiger partial charge in [-0.05, 0) is 51.8 Å². The lowest BCUT2D eigenvalue weighted by Gasteiger charge is -2.33. The number of benzene rings is 1. The fraction of sp³-hybridized carbons (Fsp3) is 0.667. The van der Waals surface area contributed by atoms with Gasteiger partial charge >= 0.3 is 0 Å². The van der Waals surface area contributed by atoms with Gasteiger partial charge in [0.1, 0.15) is 11.9 Å². The Morgan fingerprint density at radius 2 is 2.00 bits per heavy atom. The summed E-state index contributed by atoms with van der Waals surface area (Å²) >= 11 is 6.00. The molecule has 1 unspecified atom stereocenters. The molecule has 29 heavy (non-hydrogen) atoms. The molecular formula is C21H36ClIN4O2. The molecule has 0 aromatic heterocycles. The highest BCUT2D eigenvalue weighted by Gasteiger charge is 2.20. The van der Waals surface area contributed by atoms with Crippen LogP contribution >= 0.6 is 35.6 Å². The number of halogens is 2. The molecule has 0 spiro atoms. The molecule has 0 radical (unpaired) electrons. The number of aliphatic imine (C=N–C) groups is 1. The molecule has 2 rings (SSSR count). The highest BCUT2D eigenvalue weighted by Crippen LogP contribution is 2.18. The van der Waals surface area contributed by atoms with E-state index in [1.165, 1.54) is 0 Å². The molecule has 0 amide bonds. The number of rotatable bonds is 9. The van der Waals surface area contributed by atoms with Crippen LogP contribution in [0.5, 0.6) is 5.75 Å². The number of hydrogen-bond donors (Lipinski definition) is 2. The quantitative estimate of drug-likeness (QED) is 0.285. The molecule has 1 heterocycles. The lowest BCUT2D eigenvalue weighted by molar-refractivity contribution is 0.0532. The molecule has 0 aliphatic carbocycles. The zero-order valence-electron chi connectivity index (χ0n) is 18.0. The Morgan fingerprint density at radius 3 is 2.62 bits per heavy atom. The van der Waals surface area contributed by atoms with Crippen LogP contribution in [-0.2, 0) is 4.74 Å². The fourth-order valence-electron chi connectivity index (χ4n) is 3.16. The van der Waals surface area contributed by atoms with Crippen LogP contribution in [0.1, 0.15) is 33.6 Å². The van der Waals surface area contributed by atoms with Gasteiger partial charge in [0.2, 0.25) is 0 Å². The van der Waals surface area contributed by atoms with E-state index in [0.717, 1.165) is 50.8 Å². The van der Waals surface area contributed by atoms with Gasteiger partial charge in [0.15, 0.2) is 5.96 Å². The average molecular weight is 539 g/mol. The summed E-state index contributed by atoms with van der Waals surface area (Å²) in [6.07, 6.45) is 2.52. The van der Waals surface area contributed by atoms with E-state index in [1.54, 1.807) is 7.05 Å². The largest absolute Gasteiger partial charge is 0.489 e. The molecule has 2 N–H and O–H groups in total. The second kappa shape index (κ2) is 14.3. The molecule has 6 nitrogen and oxygen atoms in total. The van der Waals surface area contributed by atoms with Gasteiger partial charge in [-0.25, -0.2) is 0 Å². The van der Waals surface area contributed by atoms with Gasteiger partial charge in [-0.1, -0.05) is 17.7 Å². The van der Waals surface area contributed by atoms with Crippen molar-refractivity contribution < 1.29 is 9.47 Å². The van der Waals surface area contributed by atoms with Crippen LogP contribution in [0.15, 0.2) is 29.3 Å². The smallest absolute Gasteiger partial charge is 0.191 e. The van der Waals surface area contributed by atoms with Gasteiger partial charge in [-0.2, -0.15) is 0 Å². The van der Waals surface area contributed by atoms with Crippen molar-refractivity contribution in [1.82, 2.24) is 15.5 Å². The van der Waals surface area contributed by atoms with Crippen LogP contribution in [0, 0.1) is 0 Å². The predicted molar refractivity (Wildman–Crippen MR) is 132 cm³/mol. The van der Waals surface area contributed by atoms with E-state index < -0.39 is 0 Å². The summed E-state index contributed by atoms with van der Waals surface area (Å²) in [5.74, 6) is 1.60. The second-order valence-corrected chi connectivity index (χ2v) is 7.96. The molecule has 0 saturated carbocycles. The Balaban J connectivity index is 0.00000420. The number of ether oxygens (including phenoxy) is 2. The zero-order valence-corrected chi connectivity index (χ0v) is 21.1. The van der Waals surface area contributed by atoms with Crippen molar-refractivity contribution in [3.8, 4) is 5.75 Å². The number of likely N-dealkylation sites (tertiary alicyclic amines) is 1. The Morgan fingerprint density at radius 1 is 1.28 bits per heavy atom. The van der Waals surface area contributed by atoms with Crippen LogP contribution in [-0.4, -0.2) is 68.9 Å². The van der Waals surface area contributed by atoms with E-state index in [0.29, 0.717) is 23.7 Å². The molecule has 166 valence electrons. The third-order valence-electron chi connectivity index (χ3n) is 4.70. The van der Waals surface area contributed by atoms with E-state index >= 15 is 0 Å². The monoisotopic (exact) mass is 538 g/mol. The summed E-state index contributed by atoms with van der Waals surface area (Å²) in [6.45, 7) is 10.8. The molecular weight excluding hydrogens is 503 g/mol. The van der Waals surface area contributed by atoms with E-state index in [-0.39, 0.29) is 30.1 Å². The molecule has 1 saturated heterocycles. The van der Waals surface area contributed by atoms with Gasteiger partial charge in [0, 0.05) is 37.7 Å². The minimum Gasteiger partial charge on any atom is -0.489 e. The first-order chi connectivity index (χ1) is 13.5. The molecule has 1 atom stereocenters. The Kier molecular flexibility index (Phi) is 12.9. The number of hydrogen-bond acceptors (Lipinski definition) is 4. The minimum atomic E-state index is -0.000165. The third kappa shape index (κ3) is 10.7. The molecule has 8 heteroatoms. The van der Waals surface area contributed by atoms with Crippen molar-refractivity contribution in [1.29, 1.82) is 0 Å². The highest BCUT2D eigenvalue weighted by atomic mass is 127. The lowest BCUT2D eigenvalue weighted by Crippen LogP contribution is -2.50. The molecule has 0 bridgehead atoms. The highest BCUT2D eigenvalue weighted by molar-refractivity contribution is 14.0. The van der Waals surface area contributed by atoms with Crippen LogP contribution in [0.2, 0.25) is 5.02 Å². The van der Waals surface area contributed by atoms with E-state index in [4.69, 9.17) is 21.1 Å². The lowest BCUT2D eigenvalue weighted by atomic mass is 10.1. The Bertz CT molecular complexity index is 610. The first kappa shape index (κ1) is 26.3. The van der Waals surface area contributed by atoms with Crippen LogP contribution < -0.4 is 15.4 Å². The minimum absolute atomic E-state index is 0. The molecule has 1 aliphatic heterocycles. The predicted octanol–water partition coefficient (Wildman–Crippen LogP) is 3.78. The van der Waals surface area contributed by atoms with Crippen molar-refractivity contribution >= 4 is 41.5 Å². The van der Waals surface area contributed by atoms with Gasteiger partial charge in [-0.15, -0.1) is 24.0 Å². The van der Waals surface area contributed by atoms with Crippen molar-refractivity contribution in [3.05, 3.63) is 29.3 Å². The summed E-state index contributed by atoms with van der Waals surface area (Å²) in [7, 11) is 1.80. The van der Waals surface area contributed by atoms with E-state index in [1.807, 2.05) is 31.2 Å². The van der Waals surface area contributed by atoms with Crippen LogP contribution in [0.25, 0.3) is 0 Å². The van der Waals surface area contributed by atoms with Crippen molar-refractivity contribution in [3.63, 3.8) is 0 Å². The first-order valence-corrected chi connectivity index (χ1v) is 10.6. The van der Waals surface area contributed by atoms with Crippen LogP contribution in [0.3, 0.4) is 0 Å². The second-order valence-electron chi connectivity index (χ2n) is 7.52. The summed E-state index contributed by atoms with van der Waals surface area (Å²) in [6, 6.07) is 7.91. The first-order valence-electron chi connectivity index (χ1n) is 10.2. The van der Waals surface area contributed by atoms with Crippen molar-refractivity contribution in [2.45, 2.75) is 51.9 Å². The molecule has 1 fully saturated rings. The summed E-state index contributed by atoms with van der Waals surface area (Å²) in [5, 5.41) is 7.57. The van der Waals surface area contributed by atoms with Gasteiger partial charge < -0.3 is 25.0 Å². The maximum Gasteiger partial charge on any atom is 0.191 e. The summed E-state index contributed by atoms with van der Waals surface area (Å²) in [5.41, 5.74) is 0. The van der Waals surface area contributed by atoms with Crippen LogP contribution in [0.4, 0.5) is 0 Å². The van der Waals surface area contributed by atoms with Gasteiger partial charge in [-0.3, -0.25) is 4.99 Å². The fourth-order valence-corrected chi connectivity index (χ4v) is 3.34. The Labute approximate surface area is 197 Å². The zero-order chi connectivity index (χ0) is 20.4. The number of guanidine groups is 1. The maximum atomic E-state index is 6.00. The Hall–Kier alpha value is -0.770. The number of piperidine rings is 1. The van der Waals surface area contributed by atoms with E-state index in [2.05, 4.69) is 34.4 Å². The topological polar surface area (TPSA) is 58.1 Å². The maximum absolute atomic E-state index is 6.00. The van der Waals surface area contributed by atoms with Gasteiger partial charge in [0.25, 0.3) is 0 Å². The SMILES string of the molecule is CN=C(NCC(C)Oc1cccc(Cl)c1)NC1CCN(CCOC(C)C)CC1.I. The average Bonchev–Trinajstić information content (AvgIpc) is 2.66. The van der Waals surface area contributed by atoms with Gasteiger partial charge in [0.05, 0.1) is 19.3 Å². The molecule has 1 aromatic carbocycles. The van der Waals surface area contributed by atoms with Crippen molar-refractivity contribution in [2.75, 3.05) is 39.8 Å². The van der Waals surface area contributed by atoms with E-state index in [9.17, 15) is 0 Å². The standard InChI is InChI=1S/C21H35ClN4O2.HI/c1-16(2)27-13-12-26-10-8-19(9-11-26)25-21(23-4)24-15-17(3)28-20-7-5-6-18(22)14-20;/h5-7,14,16-17,19H,8-13,15H2,1-4H3,(H2,23,24,25);1H.